The smallest absolute Gasteiger partial charge is 0.167 e. The Morgan fingerprint density at radius 2 is 2.06 bits per heavy atom. The van der Waals surface area contributed by atoms with E-state index in [9.17, 15) is 4.39 Å². The van der Waals surface area contributed by atoms with Gasteiger partial charge >= 0.3 is 0 Å². The van der Waals surface area contributed by atoms with Crippen LogP contribution in [-0.4, -0.2) is 4.98 Å². The second-order valence-corrected chi connectivity index (χ2v) is 4.34. The Morgan fingerprint density at radius 3 is 2.78 bits per heavy atom. The van der Waals surface area contributed by atoms with Crippen molar-refractivity contribution >= 4 is 28.9 Å². The number of nitrogens with two attached hydrogens (primary N) is 1. The molecule has 0 fully saturated rings. The monoisotopic (exact) mass is 286 g/mol. The zero-order valence-electron chi connectivity index (χ0n) is 9.16. The minimum absolute atomic E-state index is 0.0241. The number of aromatic nitrogens is 1. The molecular formula is C12H9Cl2FN2O. The largest absolute Gasteiger partial charge is 0.484 e. The highest BCUT2D eigenvalue weighted by Crippen LogP contribution is 2.28. The lowest BCUT2D eigenvalue weighted by molar-refractivity contribution is 0.286. The first-order chi connectivity index (χ1) is 8.56. The van der Waals surface area contributed by atoms with Gasteiger partial charge < -0.3 is 10.5 Å². The number of ether oxygens (including phenoxy) is 1. The molecule has 0 radical (unpaired) electrons. The summed E-state index contributed by atoms with van der Waals surface area (Å²) in [5.41, 5.74) is 6.22. The number of benzene rings is 1. The number of halogens is 3. The molecule has 0 aliphatic heterocycles. The molecule has 0 aliphatic carbocycles. The van der Waals surface area contributed by atoms with E-state index in [4.69, 9.17) is 33.7 Å². The van der Waals surface area contributed by atoms with Crippen LogP contribution in [0.3, 0.4) is 0 Å². The summed E-state index contributed by atoms with van der Waals surface area (Å²) in [5.74, 6) is -0.546. The zero-order valence-corrected chi connectivity index (χ0v) is 10.7. The van der Waals surface area contributed by atoms with Crippen molar-refractivity contribution in [2.75, 3.05) is 5.73 Å². The summed E-state index contributed by atoms with van der Waals surface area (Å²) in [6, 6.07) is 7.55. The Bertz CT molecular complexity index is 578. The molecule has 3 nitrogen and oxygen atoms in total. The summed E-state index contributed by atoms with van der Waals surface area (Å²) in [5, 5.41) is 0.595. The Balaban J connectivity index is 2.13. The van der Waals surface area contributed by atoms with Crippen molar-refractivity contribution in [2.45, 2.75) is 6.61 Å². The van der Waals surface area contributed by atoms with E-state index in [1.807, 2.05) is 0 Å². The average molecular weight is 287 g/mol. The molecule has 2 rings (SSSR count). The fourth-order valence-electron chi connectivity index (χ4n) is 1.34. The third-order valence-electron chi connectivity index (χ3n) is 2.20. The van der Waals surface area contributed by atoms with E-state index in [0.29, 0.717) is 10.8 Å². The van der Waals surface area contributed by atoms with Gasteiger partial charge in [-0.05, 0) is 12.1 Å². The topological polar surface area (TPSA) is 48.1 Å². The van der Waals surface area contributed by atoms with Crippen molar-refractivity contribution in [1.82, 2.24) is 4.98 Å². The molecule has 0 amide bonds. The van der Waals surface area contributed by atoms with Crippen molar-refractivity contribution in [3.8, 4) is 5.75 Å². The molecule has 0 atom stereocenters. The molecule has 0 aliphatic rings. The normalized spacial score (nSPS) is 10.4. The SMILES string of the molecule is Nc1cc(F)c(OCc2cccc(Cl)n2)cc1Cl. The van der Waals surface area contributed by atoms with Crippen LogP contribution in [0.5, 0.6) is 5.75 Å². The van der Waals surface area contributed by atoms with Crippen LogP contribution >= 0.6 is 23.2 Å². The van der Waals surface area contributed by atoms with Gasteiger partial charge in [-0.1, -0.05) is 29.3 Å². The Kier molecular flexibility index (Phi) is 3.89. The first kappa shape index (κ1) is 12.9. The predicted octanol–water partition coefficient (Wildman–Crippen LogP) is 3.69. The number of nitrogens with zero attached hydrogens (tertiary/aromatic N) is 1. The highest BCUT2D eigenvalue weighted by atomic mass is 35.5. The standard InChI is InChI=1S/C12H9Cl2FN2O/c13-8-4-11(9(15)5-10(8)16)18-6-7-2-1-3-12(14)17-7/h1-5H,6,16H2. The van der Waals surface area contributed by atoms with Crippen LogP contribution in [0.2, 0.25) is 10.2 Å². The molecule has 94 valence electrons. The predicted molar refractivity (Wildman–Crippen MR) is 69.4 cm³/mol. The van der Waals surface area contributed by atoms with Gasteiger partial charge in [-0.3, -0.25) is 0 Å². The maximum Gasteiger partial charge on any atom is 0.167 e. The lowest BCUT2D eigenvalue weighted by Gasteiger charge is -2.08. The van der Waals surface area contributed by atoms with Crippen LogP contribution in [0.1, 0.15) is 5.69 Å². The van der Waals surface area contributed by atoms with E-state index in [1.165, 1.54) is 6.07 Å². The number of pyridine rings is 1. The molecular weight excluding hydrogens is 278 g/mol. The molecule has 18 heavy (non-hydrogen) atoms. The quantitative estimate of drug-likeness (QED) is 0.691. The highest BCUT2D eigenvalue weighted by molar-refractivity contribution is 6.33. The average Bonchev–Trinajstić information content (AvgIpc) is 2.32. The third-order valence-corrected chi connectivity index (χ3v) is 2.74. The van der Waals surface area contributed by atoms with Crippen molar-refractivity contribution in [1.29, 1.82) is 0 Å². The van der Waals surface area contributed by atoms with Gasteiger partial charge in [0.2, 0.25) is 0 Å². The minimum atomic E-state index is -0.570. The molecule has 0 saturated heterocycles. The van der Waals surface area contributed by atoms with Crippen LogP contribution in [-0.2, 0) is 6.61 Å². The number of hydrogen-bond donors (Lipinski definition) is 1. The van der Waals surface area contributed by atoms with Gasteiger partial charge in [0.25, 0.3) is 0 Å². The molecule has 2 aromatic rings. The first-order valence-electron chi connectivity index (χ1n) is 5.05. The van der Waals surface area contributed by atoms with Gasteiger partial charge in [-0.2, -0.15) is 0 Å². The third kappa shape index (κ3) is 3.03. The number of rotatable bonds is 3. The summed E-state index contributed by atoms with van der Waals surface area (Å²) >= 11 is 11.5. The van der Waals surface area contributed by atoms with Gasteiger partial charge in [-0.15, -0.1) is 0 Å². The molecule has 6 heteroatoms. The number of nitrogen functional groups attached to an aromatic ring is 1. The minimum Gasteiger partial charge on any atom is -0.484 e. The van der Waals surface area contributed by atoms with Crippen molar-refractivity contribution < 1.29 is 9.13 Å². The Labute approximate surface area is 113 Å². The second kappa shape index (κ2) is 5.42. The fraction of sp³-hybridized carbons (Fsp3) is 0.0833. The van der Waals surface area contributed by atoms with Crippen LogP contribution in [0.4, 0.5) is 10.1 Å². The van der Waals surface area contributed by atoms with Crippen LogP contribution in [0.15, 0.2) is 30.3 Å². The summed E-state index contributed by atoms with van der Waals surface area (Å²) < 4.78 is 18.8. The number of hydrogen-bond acceptors (Lipinski definition) is 3. The zero-order chi connectivity index (χ0) is 13.1. The van der Waals surface area contributed by atoms with Gasteiger partial charge in [-0.25, -0.2) is 9.37 Å². The highest BCUT2D eigenvalue weighted by Gasteiger charge is 2.08. The molecule has 0 unspecified atom stereocenters. The lowest BCUT2D eigenvalue weighted by Crippen LogP contribution is -2.00. The summed E-state index contributed by atoms with van der Waals surface area (Å²) in [6.07, 6.45) is 0. The first-order valence-corrected chi connectivity index (χ1v) is 5.80. The maximum atomic E-state index is 13.5. The van der Waals surface area contributed by atoms with Gasteiger partial charge in [0.05, 0.1) is 16.4 Å². The van der Waals surface area contributed by atoms with Gasteiger partial charge in [0.15, 0.2) is 11.6 Å². The summed E-state index contributed by atoms with van der Waals surface area (Å²) in [7, 11) is 0. The van der Waals surface area contributed by atoms with Crippen LogP contribution < -0.4 is 10.5 Å². The Morgan fingerprint density at radius 1 is 1.28 bits per heavy atom. The molecule has 1 heterocycles. The molecule has 0 bridgehead atoms. The van der Waals surface area contributed by atoms with Crippen LogP contribution in [0.25, 0.3) is 0 Å². The molecule has 2 N–H and O–H groups in total. The van der Waals surface area contributed by atoms with Gasteiger partial charge in [0.1, 0.15) is 11.8 Å². The van der Waals surface area contributed by atoms with Crippen molar-refractivity contribution in [2.24, 2.45) is 0 Å². The number of anilines is 1. The van der Waals surface area contributed by atoms with E-state index in [1.54, 1.807) is 18.2 Å². The summed E-state index contributed by atoms with van der Waals surface area (Å²) in [4.78, 5) is 4.02. The van der Waals surface area contributed by atoms with Crippen molar-refractivity contribution in [3.63, 3.8) is 0 Å². The van der Waals surface area contributed by atoms with E-state index < -0.39 is 5.82 Å². The van der Waals surface area contributed by atoms with E-state index in [2.05, 4.69) is 4.98 Å². The lowest BCUT2D eigenvalue weighted by atomic mass is 10.3. The fourth-order valence-corrected chi connectivity index (χ4v) is 1.67. The maximum absolute atomic E-state index is 13.5. The molecule has 0 spiro atoms. The molecule has 0 saturated carbocycles. The van der Waals surface area contributed by atoms with E-state index >= 15 is 0 Å². The van der Waals surface area contributed by atoms with Gasteiger partial charge in [0, 0.05) is 12.1 Å². The van der Waals surface area contributed by atoms with E-state index in [0.717, 1.165) is 6.07 Å². The molecule has 1 aromatic heterocycles. The second-order valence-electron chi connectivity index (χ2n) is 3.54. The summed E-state index contributed by atoms with van der Waals surface area (Å²) in [6.45, 7) is 0.0950. The van der Waals surface area contributed by atoms with Crippen LogP contribution in [0, 0.1) is 5.82 Å². The molecule has 1 aromatic carbocycles. The van der Waals surface area contributed by atoms with E-state index in [-0.39, 0.29) is 23.1 Å². The Hall–Kier alpha value is -1.52. The van der Waals surface area contributed by atoms with Crippen molar-refractivity contribution in [3.05, 3.63) is 52.0 Å².